The molecule has 0 radical (unpaired) electrons. The van der Waals surface area contributed by atoms with Crippen LogP contribution in [0.2, 0.25) is 0 Å². The Labute approximate surface area is 172 Å². The number of carbonyl (C=O) groups excluding carboxylic acids is 1. The van der Waals surface area contributed by atoms with Crippen LogP contribution in [0.5, 0.6) is 0 Å². The van der Waals surface area contributed by atoms with Crippen molar-refractivity contribution in [2.24, 2.45) is 13.0 Å². The van der Waals surface area contributed by atoms with Crippen molar-refractivity contribution in [2.45, 2.75) is 50.9 Å². The van der Waals surface area contributed by atoms with Gasteiger partial charge in [0.15, 0.2) is 0 Å². The molecule has 1 atom stereocenters. The Morgan fingerprint density at radius 3 is 2.66 bits per heavy atom. The van der Waals surface area contributed by atoms with Gasteiger partial charge in [-0.3, -0.25) is 9.48 Å². The van der Waals surface area contributed by atoms with E-state index in [9.17, 15) is 4.79 Å². The molecule has 29 heavy (non-hydrogen) atoms. The van der Waals surface area contributed by atoms with Crippen molar-refractivity contribution in [1.82, 2.24) is 24.6 Å². The van der Waals surface area contributed by atoms with Crippen LogP contribution < -0.4 is 4.90 Å². The van der Waals surface area contributed by atoms with Crippen LogP contribution in [-0.2, 0) is 11.8 Å². The summed E-state index contributed by atoms with van der Waals surface area (Å²) >= 11 is 0. The number of hydrogen-bond acceptors (Lipinski definition) is 5. The quantitative estimate of drug-likeness (QED) is 0.798. The number of anilines is 1. The lowest BCUT2D eigenvalue weighted by Crippen LogP contribution is -2.44. The number of aromatic nitrogens is 4. The van der Waals surface area contributed by atoms with Crippen LogP contribution in [0.15, 0.2) is 18.5 Å². The van der Waals surface area contributed by atoms with E-state index >= 15 is 0 Å². The number of rotatable bonds is 4. The summed E-state index contributed by atoms with van der Waals surface area (Å²) in [5, 5.41) is 4.82. The molecule has 5 rings (SSSR count). The monoisotopic (exact) mass is 394 g/mol. The molecule has 2 aromatic heterocycles. The van der Waals surface area contributed by atoms with Crippen LogP contribution in [0.4, 0.5) is 5.95 Å². The lowest BCUT2D eigenvalue weighted by Gasteiger charge is -2.37. The van der Waals surface area contributed by atoms with Crippen LogP contribution >= 0.6 is 0 Å². The third kappa shape index (κ3) is 3.63. The molecule has 0 bridgehead atoms. The first-order valence-corrected chi connectivity index (χ1v) is 11.1. The van der Waals surface area contributed by atoms with E-state index in [1.165, 1.54) is 19.3 Å². The van der Waals surface area contributed by atoms with Gasteiger partial charge in [0.25, 0.3) is 0 Å². The highest BCUT2D eigenvalue weighted by molar-refractivity contribution is 5.79. The fourth-order valence-electron chi connectivity index (χ4n) is 4.89. The van der Waals surface area contributed by atoms with Gasteiger partial charge in [-0.1, -0.05) is 6.42 Å². The third-order valence-electron chi connectivity index (χ3n) is 6.74. The largest absolute Gasteiger partial charge is 0.342 e. The third-order valence-corrected chi connectivity index (χ3v) is 6.74. The van der Waals surface area contributed by atoms with E-state index in [1.807, 2.05) is 24.0 Å². The lowest BCUT2D eigenvalue weighted by atomic mass is 9.83. The van der Waals surface area contributed by atoms with Crippen LogP contribution in [0.1, 0.15) is 56.6 Å². The average Bonchev–Trinajstić information content (AvgIpc) is 3.37. The number of carbonyl (C=O) groups is 1. The number of aryl methyl sites for hydroxylation is 1. The predicted octanol–water partition coefficient (Wildman–Crippen LogP) is 2.98. The summed E-state index contributed by atoms with van der Waals surface area (Å²) in [4.78, 5) is 26.5. The molecule has 2 aromatic rings. The molecule has 0 N–H and O–H groups in total. The normalized spacial score (nSPS) is 22.7. The fraction of sp³-hybridized carbons (Fsp3) is 0.636. The molecule has 0 spiro atoms. The zero-order valence-electron chi connectivity index (χ0n) is 17.3. The number of hydrogen-bond donors (Lipinski definition) is 0. The Morgan fingerprint density at radius 2 is 1.90 bits per heavy atom. The van der Waals surface area contributed by atoms with Crippen molar-refractivity contribution < 1.29 is 4.79 Å². The van der Waals surface area contributed by atoms with Crippen molar-refractivity contribution >= 4 is 11.9 Å². The van der Waals surface area contributed by atoms with Crippen LogP contribution in [0.25, 0.3) is 11.3 Å². The second-order valence-corrected chi connectivity index (χ2v) is 8.79. The minimum Gasteiger partial charge on any atom is -0.342 e. The fourth-order valence-corrected chi connectivity index (χ4v) is 4.89. The molecule has 1 amide bonds. The number of likely N-dealkylation sites (tertiary alicyclic amines) is 1. The molecule has 2 aliphatic heterocycles. The predicted molar refractivity (Wildman–Crippen MR) is 112 cm³/mol. The summed E-state index contributed by atoms with van der Waals surface area (Å²) in [6.45, 7) is 3.73. The highest BCUT2D eigenvalue weighted by Crippen LogP contribution is 2.35. The summed E-state index contributed by atoms with van der Waals surface area (Å²) in [6.07, 6.45) is 11.8. The molecule has 1 saturated carbocycles. The second kappa shape index (κ2) is 7.76. The van der Waals surface area contributed by atoms with Gasteiger partial charge in [0, 0.05) is 63.0 Å². The van der Waals surface area contributed by atoms with Gasteiger partial charge in [-0.05, 0) is 44.6 Å². The minimum atomic E-state index is 0.266. The Morgan fingerprint density at radius 1 is 1.07 bits per heavy atom. The summed E-state index contributed by atoms with van der Waals surface area (Å²) < 4.78 is 1.88. The second-order valence-electron chi connectivity index (χ2n) is 8.79. The topological polar surface area (TPSA) is 67.2 Å². The maximum Gasteiger partial charge on any atom is 0.225 e. The Bertz CT molecular complexity index is 883. The van der Waals surface area contributed by atoms with E-state index in [1.54, 1.807) is 0 Å². The van der Waals surface area contributed by atoms with Gasteiger partial charge in [0.2, 0.25) is 11.9 Å². The molecular formula is C22H30N6O. The average molecular weight is 395 g/mol. The number of amides is 1. The number of nitrogens with zero attached hydrogens (tertiary/aromatic N) is 6. The molecule has 4 heterocycles. The van der Waals surface area contributed by atoms with E-state index in [-0.39, 0.29) is 11.8 Å². The zero-order chi connectivity index (χ0) is 19.8. The molecule has 0 unspecified atom stereocenters. The van der Waals surface area contributed by atoms with Gasteiger partial charge in [-0.15, -0.1) is 0 Å². The smallest absolute Gasteiger partial charge is 0.225 e. The van der Waals surface area contributed by atoms with E-state index < -0.39 is 0 Å². The summed E-state index contributed by atoms with van der Waals surface area (Å²) in [5.74, 6) is 1.72. The Balaban J connectivity index is 1.40. The van der Waals surface area contributed by atoms with E-state index in [4.69, 9.17) is 10.1 Å². The molecule has 2 saturated heterocycles. The number of piperidine rings is 1. The van der Waals surface area contributed by atoms with Crippen LogP contribution in [0, 0.1) is 5.92 Å². The first-order valence-electron chi connectivity index (χ1n) is 11.1. The van der Waals surface area contributed by atoms with Gasteiger partial charge in [0.05, 0.1) is 11.4 Å². The molecular weight excluding hydrogens is 364 g/mol. The lowest BCUT2D eigenvalue weighted by molar-refractivity contribution is -0.139. The van der Waals surface area contributed by atoms with Crippen molar-refractivity contribution in [1.29, 1.82) is 0 Å². The Hall–Kier alpha value is -2.44. The molecule has 154 valence electrons. The first kappa shape index (κ1) is 18.6. The van der Waals surface area contributed by atoms with E-state index in [2.05, 4.69) is 21.0 Å². The van der Waals surface area contributed by atoms with Gasteiger partial charge in [-0.25, -0.2) is 9.97 Å². The Kier molecular flexibility index (Phi) is 4.97. The maximum absolute atomic E-state index is 12.8. The molecule has 3 aliphatic rings. The molecule has 3 fully saturated rings. The van der Waals surface area contributed by atoms with Gasteiger partial charge < -0.3 is 9.80 Å². The van der Waals surface area contributed by atoms with E-state index in [0.717, 1.165) is 74.8 Å². The summed E-state index contributed by atoms with van der Waals surface area (Å²) in [5.41, 5.74) is 3.09. The standard InChI is InChI=1S/C22H30N6O/c1-26-15-18(19-9-10-23-22(24-19)27-11-2-3-12-27)20(25-26)17-8-5-13-28(14-17)21(29)16-6-4-7-16/h9-10,15-17H,2-8,11-14H2,1H3/t17-/m0/s1. The molecule has 7 nitrogen and oxygen atoms in total. The van der Waals surface area contributed by atoms with Crippen molar-refractivity contribution in [2.75, 3.05) is 31.1 Å². The first-order chi connectivity index (χ1) is 14.2. The highest BCUT2D eigenvalue weighted by atomic mass is 16.2. The summed E-state index contributed by atoms with van der Waals surface area (Å²) in [7, 11) is 1.97. The van der Waals surface area contributed by atoms with Crippen LogP contribution in [0.3, 0.4) is 0 Å². The maximum atomic E-state index is 12.8. The highest BCUT2D eigenvalue weighted by Gasteiger charge is 2.34. The van der Waals surface area contributed by atoms with E-state index in [0.29, 0.717) is 5.91 Å². The molecule has 0 aromatic carbocycles. The molecule has 1 aliphatic carbocycles. The van der Waals surface area contributed by atoms with Gasteiger partial charge in [-0.2, -0.15) is 5.10 Å². The minimum absolute atomic E-state index is 0.266. The van der Waals surface area contributed by atoms with Gasteiger partial charge in [0.1, 0.15) is 0 Å². The zero-order valence-corrected chi connectivity index (χ0v) is 17.3. The van der Waals surface area contributed by atoms with Gasteiger partial charge >= 0.3 is 0 Å². The summed E-state index contributed by atoms with van der Waals surface area (Å²) in [6, 6.07) is 1.99. The van der Waals surface area contributed by atoms with Crippen molar-refractivity contribution in [3.05, 3.63) is 24.2 Å². The van der Waals surface area contributed by atoms with Crippen molar-refractivity contribution in [3.8, 4) is 11.3 Å². The van der Waals surface area contributed by atoms with Crippen LogP contribution in [-0.4, -0.2) is 56.7 Å². The SMILES string of the molecule is Cn1cc(-c2ccnc(N3CCCC3)n2)c([C@H]2CCCN(C(=O)C3CCC3)C2)n1. The molecule has 7 heteroatoms. The van der Waals surface area contributed by atoms with Crippen molar-refractivity contribution in [3.63, 3.8) is 0 Å².